The van der Waals surface area contributed by atoms with Crippen LogP contribution in [0.15, 0.2) is 45.8 Å². The van der Waals surface area contributed by atoms with Gasteiger partial charge >= 0.3 is 0 Å². The molecular weight excluding hydrogens is 250 g/mol. The zero-order chi connectivity index (χ0) is 14.4. The lowest BCUT2D eigenvalue weighted by Gasteiger charge is -2.29. The fourth-order valence-corrected chi connectivity index (χ4v) is 2.26. The first-order chi connectivity index (χ1) is 9.90. The molecular formula is C15H19N5. The van der Waals surface area contributed by atoms with E-state index in [9.17, 15) is 0 Å². The van der Waals surface area contributed by atoms with Crippen molar-refractivity contribution in [1.82, 2.24) is 10.3 Å². The van der Waals surface area contributed by atoms with E-state index in [1.165, 1.54) is 0 Å². The van der Waals surface area contributed by atoms with Gasteiger partial charge in [0.2, 0.25) is 5.84 Å². The summed E-state index contributed by atoms with van der Waals surface area (Å²) in [4.78, 5) is 6.16. The molecule has 0 aromatic heterocycles. The Morgan fingerprint density at radius 3 is 2.95 bits per heavy atom. The minimum atomic E-state index is 0.371. The van der Waals surface area contributed by atoms with Gasteiger partial charge in [0.25, 0.3) is 0 Å². The molecule has 0 saturated heterocycles. The molecule has 0 fully saturated rings. The van der Waals surface area contributed by atoms with Gasteiger partial charge in [-0.3, -0.25) is 4.90 Å². The summed E-state index contributed by atoms with van der Waals surface area (Å²) in [5, 5.41) is 13.4. The lowest BCUT2D eigenvalue weighted by atomic mass is 10.0. The average molecular weight is 269 g/mol. The molecule has 0 aromatic rings. The molecule has 0 spiro atoms. The molecule has 0 atom stereocenters. The Bertz CT molecular complexity index is 557. The summed E-state index contributed by atoms with van der Waals surface area (Å²) in [7, 11) is 0. The number of aliphatic imine (C=N–C) groups is 1. The molecule has 0 aromatic carbocycles. The van der Waals surface area contributed by atoms with E-state index in [4.69, 9.17) is 5.26 Å². The Morgan fingerprint density at radius 1 is 1.30 bits per heavy atom. The van der Waals surface area contributed by atoms with Gasteiger partial charge in [-0.25, -0.2) is 0 Å². The number of amidine groups is 2. The Kier molecular flexibility index (Phi) is 4.72. The number of allylic oxidation sites excluding steroid dienone is 3. The van der Waals surface area contributed by atoms with Crippen LogP contribution >= 0.6 is 0 Å². The molecule has 0 radical (unpaired) electrons. The smallest absolute Gasteiger partial charge is 0.219 e. The van der Waals surface area contributed by atoms with Crippen LogP contribution in [0.3, 0.4) is 0 Å². The summed E-state index contributed by atoms with van der Waals surface area (Å²) in [5.41, 5.74) is 5.14. The molecule has 5 heteroatoms. The number of nitrogens with zero attached hydrogens (tertiary/aromatic N) is 4. The standard InChI is InChI=1S/C13H13N5.C2H6/c14-9-12-16-13-10(5-1-3-7-15-17-13)11-6-2-4-8-18(11)12;1-2/h2,4,6,8,15H,1,3,5,7H2;1-2H3/b17-13+;. The quantitative estimate of drug-likeness (QED) is 0.735. The van der Waals surface area contributed by atoms with Crippen molar-refractivity contribution in [2.45, 2.75) is 33.1 Å². The van der Waals surface area contributed by atoms with Crippen molar-refractivity contribution in [3.05, 3.63) is 35.7 Å². The molecule has 0 saturated carbocycles. The van der Waals surface area contributed by atoms with E-state index in [0.29, 0.717) is 11.7 Å². The van der Waals surface area contributed by atoms with Crippen molar-refractivity contribution in [2.24, 2.45) is 10.1 Å². The zero-order valence-electron chi connectivity index (χ0n) is 11.9. The molecule has 1 N–H and O–H groups in total. The second-order valence-corrected chi connectivity index (χ2v) is 4.28. The third-order valence-corrected chi connectivity index (χ3v) is 3.13. The predicted octanol–water partition coefficient (Wildman–Crippen LogP) is 2.67. The molecule has 0 bridgehead atoms. The average Bonchev–Trinajstić information content (AvgIpc) is 2.49. The first-order valence-corrected chi connectivity index (χ1v) is 7.07. The van der Waals surface area contributed by atoms with Gasteiger partial charge in [0.05, 0.1) is 5.70 Å². The van der Waals surface area contributed by atoms with E-state index in [2.05, 4.69) is 21.6 Å². The van der Waals surface area contributed by atoms with Crippen LogP contribution in [0.25, 0.3) is 0 Å². The summed E-state index contributed by atoms with van der Waals surface area (Å²) < 4.78 is 0. The number of hydrogen-bond donors (Lipinski definition) is 1. The lowest BCUT2D eigenvalue weighted by molar-refractivity contribution is 0.617. The van der Waals surface area contributed by atoms with Crippen molar-refractivity contribution >= 4 is 11.7 Å². The van der Waals surface area contributed by atoms with E-state index in [1.807, 2.05) is 43.2 Å². The molecule has 0 aliphatic carbocycles. The summed E-state index contributed by atoms with van der Waals surface area (Å²) in [6.07, 6.45) is 10.9. The molecule has 3 heterocycles. The first kappa shape index (κ1) is 14.1. The number of hydrogen-bond acceptors (Lipinski definition) is 5. The fraction of sp³-hybridized carbons (Fsp3) is 0.400. The molecule has 20 heavy (non-hydrogen) atoms. The minimum absolute atomic E-state index is 0.371. The van der Waals surface area contributed by atoms with Gasteiger partial charge in [0, 0.05) is 18.3 Å². The number of nitriles is 1. The van der Waals surface area contributed by atoms with Crippen LogP contribution in [0.2, 0.25) is 0 Å². The molecule has 5 nitrogen and oxygen atoms in total. The van der Waals surface area contributed by atoms with E-state index >= 15 is 0 Å². The SMILES string of the molecule is CC.N#CC1=N/C2=N/NCCCCC2=C2C=CC=CN12. The van der Waals surface area contributed by atoms with E-state index in [0.717, 1.165) is 37.1 Å². The molecule has 3 aliphatic rings. The van der Waals surface area contributed by atoms with Gasteiger partial charge in [0.1, 0.15) is 6.07 Å². The molecule has 0 amide bonds. The maximum atomic E-state index is 9.17. The van der Waals surface area contributed by atoms with Crippen molar-refractivity contribution in [3.8, 4) is 6.07 Å². The molecule has 104 valence electrons. The third-order valence-electron chi connectivity index (χ3n) is 3.13. The molecule has 3 aliphatic heterocycles. The largest absolute Gasteiger partial charge is 0.308 e. The van der Waals surface area contributed by atoms with E-state index in [-0.39, 0.29) is 0 Å². The summed E-state index contributed by atoms with van der Waals surface area (Å²) in [6, 6.07) is 2.12. The Balaban J connectivity index is 0.000000704. The van der Waals surface area contributed by atoms with Gasteiger partial charge in [-0.05, 0) is 31.4 Å². The van der Waals surface area contributed by atoms with Gasteiger partial charge in [-0.15, -0.1) is 0 Å². The van der Waals surface area contributed by atoms with E-state index < -0.39 is 0 Å². The van der Waals surface area contributed by atoms with Gasteiger partial charge in [-0.1, -0.05) is 19.9 Å². The Hall–Kier alpha value is -2.35. The van der Waals surface area contributed by atoms with Crippen LogP contribution in [0.5, 0.6) is 0 Å². The number of hydrazone groups is 1. The highest BCUT2D eigenvalue weighted by Crippen LogP contribution is 2.27. The van der Waals surface area contributed by atoms with Crippen LogP contribution in [0, 0.1) is 11.3 Å². The predicted molar refractivity (Wildman–Crippen MR) is 80.8 cm³/mol. The zero-order valence-corrected chi connectivity index (χ0v) is 11.9. The van der Waals surface area contributed by atoms with Crippen LogP contribution in [-0.4, -0.2) is 23.1 Å². The second-order valence-electron chi connectivity index (χ2n) is 4.28. The van der Waals surface area contributed by atoms with Crippen LogP contribution in [0.1, 0.15) is 33.1 Å². The van der Waals surface area contributed by atoms with Crippen molar-refractivity contribution in [3.63, 3.8) is 0 Å². The number of fused-ring (bicyclic) bond motifs is 2. The monoisotopic (exact) mass is 269 g/mol. The van der Waals surface area contributed by atoms with E-state index in [1.54, 1.807) is 0 Å². The van der Waals surface area contributed by atoms with Crippen LogP contribution in [-0.2, 0) is 0 Å². The molecule has 3 rings (SSSR count). The highest BCUT2D eigenvalue weighted by Gasteiger charge is 2.26. The summed E-state index contributed by atoms with van der Waals surface area (Å²) >= 11 is 0. The highest BCUT2D eigenvalue weighted by atomic mass is 15.3. The Labute approximate surface area is 119 Å². The minimum Gasteiger partial charge on any atom is -0.308 e. The normalized spacial score (nSPS) is 22.6. The van der Waals surface area contributed by atoms with Gasteiger partial charge < -0.3 is 5.43 Å². The molecule has 0 unspecified atom stereocenters. The summed E-state index contributed by atoms with van der Waals surface area (Å²) in [6.45, 7) is 4.86. The third kappa shape index (κ3) is 2.64. The highest BCUT2D eigenvalue weighted by molar-refractivity contribution is 6.14. The van der Waals surface area contributed by atoms with Crippen molar-refractivity contribution in [1.29, 1.82) is 5.26 Å². The van der Waals surface area contributed by atoms with Crippen LogP contribution < -0.4 is 5.43 Å². The maximum Gasteiger partial charge on any atom is 0.219 e. The van der Waals surface area contributed by atoms with Gasteiger partial charge in [0.15, 0.2) is 5.84 Å². The lowest BCUT2D eigenvalue weighted by Crippen LogP contribution is -2.33. The fourth-order valence-electron chi connectivity index (χ4n) is 2.26. The van der Waals surface area contributed by atoms with Crippen molar-refractivity contribution < 1.29 is 0 Å². The van der Waals surface area contributed by atoms with Gasteiger partial charge in [-0.2, -0.15) is 15.4 Å². The summed E-state index contributed by atoms with van der Waals surface area (Å²) in [5.74, 6) is 1.02. The Morgan fingerprint density at radius 2 is 2.15 bits per heavy atom. The topological polar surface area (TPSA) is 63.8 Å². The van der Waals surface area contributed by atoms with Crippen molar-refractivity contribution in [2.75, 3.05) is 6.54 Å². The number of rotatable bonds is 0. The number of nitrogens with one attached hydrogen (secondary N) is 1. The maximum absolute atomic E-state index is 9.17. The second kappa shape index (κ2) is 6.71. The van der Waals surface area contributed by atoms with Crippen LogP contribution in [0.4, 0.5) is 0 Å². The first-order valence-electron chi connectivity index (χ1n) is 7.07.